The Hall–Kier alpha value is -4.77. The van der Waals surface area contributed by atoms with E-state index in [4.69, 9.17) is 29.0 Å². The monoisotopic (exact) mass is 792 g/mol. The van der Waals surface area contributed by atoms with Crippen LogP contribution in [-0.4, -0.2) is 81.8 Å². The number of carbonyl (C=O) groups excluding carboxylic acids is 3. The molecule has 310 valence electrons. The summed E-state index contributed by atoms with van der Waals surface area (Å²) >= 11 is 0. The largest absolute Gasteiger partial charge is 0.465 e. The molecule has 4 bridgehead atoms. The number of hydrogen-bond donors (Lipinski definition) is 0. The molecule has 2 atom stereocenters. The molecule has 0 saturated heterocycles. The minimum atomic E-state index is -0.739. The number of benzene rings is 2. The Labute approximate surface area is 342 Å². The third-order valence-electron chi connectivity index (χ3n) is 12.1. The Bertz CT molecular complexity index is 2240. The van der Waals surface area contributed by atoms with Gasteiger partial charge in [0.1, 0.15) is 11.2 Å². The molecule has 1 amide bonds. The first kappa shape index (κ1) is 41.4. The summed E-state index contributed by atoms with van der Waals surface area (Å²) < 4.78 is 25.6. The summed E-state index contributed by atoms with van der Waals surface area (Å²) in [6, 6.07) is 15.1. The van der Waals surface area contributed by atoms with Gasteiger partial charge in [0.05, 0.1) is 36.8 Å². The summed E-state index contributed by atoms with van der Waals surface area (Å²) in [7, 11) is 3.14. The number of rotatable bonds is 10. The van der Waals surface area contributed by atoms with Gasteiger partial charge in [-0.05, 0) is 138 Å². The van der Waals surface area contributed by atoms with Gasteiger partial charge in [0.25, 0.3) is 0 Å². The highest BCUT2D eigenvalue weighted by molar-refractivity contribution is 6.05. The highest BCUT2D eigenvalue weighted by Crippen LogP contribution is 2.72. The molecule has 0 N–H and O–H groups in total. The van der Waals surface area contributed by atoms with E-state index in [0.717, 1.165) is 66.2 Å². The molecule has 4 aliphatic rings. The van der Waals surface area contributed by atoms with Gasteiger partial charge in [-0.15, -0.1) is 0 Å². The summed E-state index contributed by atoms with van der Waals surface area (Å²) in [5.74, 6) is -0.943. The highest BCUT2D eigenvalue weighted by Gasteiger charge is 2.66. The molecular formula is C47H60N4O7. The molecule has 4 fully saturated rings. The van der Waals surface area contributed by atoms with Crippen LogP contribution in [0, 0.1) is 23.2 Å². The number of esters is 2. The first-order valence-corrected chi connectivity index (χ1v) is 20.5. The van der Waals surface area contributed by atoms with Crippen molar-refractivity contribution in [3.8, 4) is 22.4 Å². The fourth-order valence-corrected chi connectivity index (χ4v) is 11.2. The highest BCUT2D eigenvalue weighted by atomic mass is 16.6. The van der Waals surface area contributed by atoms with Gasteiger partial charge >= 0.3 is 18.0 Å². The van der Waals surface area contributed by atoms with Crippen molar-refractivity contribution in [2.75, 3.05) is 27.3 Å². The smallest absolute Gasteiger partial charge is 0.410 e. The zero-order valence-corrected chi connectivity index (χ0v) is 36.2. The number of fused-ring (bicyclic) bond motifs is 1. The summed E-state index contributed by atoms with van der Waals surface area (Å²) in [6.45, 7) is 19.7. The third kappa shape index (κ3) is 8.38. The first-order valence-electron chi connectivity index (χ1n) is 20.5. The molecule has 4 aliphatic carbocycles. The van der Waals surface area contributed by atoms with Gasteiger partial charge in [0.2, 0.25) is 0 Å². The number of aromatic nitrogens is 3. The predicted octanol–water partition coefficient (Wildman–Crippen LogP) is 9.82. The number of carbonyl (C=O) groups is 3. The van der Waals surface area contributed by atoms with Crippen molar-refractivity contribution in [1.29, 1.82) is 0 Å². The summed E-state index contributed by atoms with van der Waals surface area (Å²) in [6.07, 6.45) is 7.81. The van der Waals surface area contributed by atoms with Crippen molar-refractivity contribution in [3.05, 3.63) is 71.7 Å². The van der Waals surface area contributed by atoms with Gasteiger partial charge in [-0.3, -0.25) is 4.68 Å². The second kappa shape index (κ2) is 14.5. The van der Waals surface area contributed by atoms with Crippen molar-refractivity contribution in [2.24, 2.45) is 16.2 Å². The number of hydrogen-bond acceptors (Lipinski definition) is 9. The van der Waals surface area contributed by atoms with E-state index in [1.165, 1.54) is 13.5 Å². The van der Waals surface area contributed by atoms with Crippen molar-refractivity contribution in [3.63, 3.8) is 0 Å². The number of nitrogens with zero attached hydrogens (tertiary/aromatic N) is 4. The van der Waals surface area contributed by atoms with Crippen molar-refractivity contribution in [1.82, 2.24) is 19.7 Å². The normalized spacial score (nSPS) is 25.2. The SMILES string of the molecule is COC(=O)c1cccc2ccc(-c3ccc(-c4cnn(CC56CC7(C)CC(C)(C5)CC(OCCN(C)C(=O)OC(C)(C)C)(C7)C6)c4C)c(C(=O)OC(C)(C)C)n3)cc12. The molecule has 11 nitrogen and oxygen atoms in total. The van der Waals surface area contributed by atoms with Gasteiger partial charge in [0.15, 0.2) is 5.69 Å². The molecule has 2 aromatic carbocycles. The maximum Gasteiger partial charge on any atom is 0.410 e. The molecule has 11 heteroatoms. The maximum atomic E-state index is 14.0. The van der Waals surface area contributed by atoms with Crippen LogP contribution in [0.15, 0.2) is 54.7 Å². The Kier molecular flexibility index (Phi) is 10.3. The quantitative estimate of drug-likeness (QED) is 0.114. The van der Waals surface area contributed by atoms with Crippen LogP contribution < -0.4 is 0 Å². The summed E-state index contributed by atoms with van der Waals surface area (Å²) in [4.78, 5) is 45.8. The van der Waals surface area contributed by atoms with Crippen LogP contribution in [0.5, 0.6) is 0 Å². The van der Waals surface area contributed by atoms with Crippen molar-refractivity contribution in [2.45, 2.75) is 124 Å². The summed E-state index contributed by atoms with van der Waals surface area (Å²) in [5.41, 5.74) is 3.08. The lowest BCUT2D eigenvalue weighted by molar-refractivity contribution is -0.248. The molecule has 2 aromatic heterocycles. The minimum absolute atomic E-state index is 0.0292. The molecule has 2 heterocycles. The minimum Gasteiger partial charge on any atom is -0.465 e. The number of amides is 1. The number of methoxy groups -OCH3 is 1. The standard InChI is InChI=1S/C47H60N4O7/c1-30-36(33-17-18-37(49-38(33)40(53)57-42(2,3)4)32-16-15-31-13-12-14-34(35(31)21-32)39(52)55-11)22-48-51(30)29-46-24-44(8)23-45(9,25-46)27-47(26-44,28-46)56-20-19-50(10)41(54)58-43(5,6)7/h12-18,21-22H,19-20,23-29H2,1-11H3. The van der Waals surface area contributed by atoms with Crippen LogP contribution in [0.2, 0.25) is 0 Å². The second-order valence-electron chi connectivity index (χ2n) is 20.2. The lowest BCUT2D eigenvalue weighted by atomic mass is 9.39. The van der Waals surface area contributed by atoms with E-state index in [1.54, 1.807) is 18.0 Å². The molecule has 58 heavy (non-hydrogen) atoms. The zero-order chi connectivity index (χ0) is 42.1. The zero-order valence-electron chi connectivity index (χ0n) is 36.2. The van der Waals surface area contributed by atoms with Crippen LogP contribution in [0.4, 0.5) is 4.79 Å². The summed E-state index contributed by atoms with van der Waals surface area (Å²) in [5, 5.41) is 6.62. The third-order valence-corrected chi connectivity index (χ3v) is 12.1. The van der Waals surface area contributed by atoms with Gasteiger partial charge in [0, 0.05) is 42.5 Å². The predicted molar refractivity (Wildman–Crippen MR) is 224 cm³/mol. The maximum absolute atomic E-state index is 14.0. The van der Waals surface area contributed by atoms with E-state index in [-0.39, 0.29) is 33.6 Å². The lowest BCUT2D eigenvalue weighted by Crippen LogP contribution is -2.64. The van der Waals surface area contributed by atoms with Crippen LogP contribution in [0.1, 0.15) is 120 Å². The lowest BCUT2D eigenvalue weighted by Gasteiger charge is -2.69. The van der Waals surface area contributed by atoms with Gasteiger partial charge < -0.3 is 23.8 Å². The molecule has 4 saturated carbocycles. The number of ether oxygens (including phenoxy) is 4. The average molecular weight is 793 g/mol. The number of pyridine rings is 1. The Morgan fingerprint density at radius 1 is 0.828 bits per heavy atom. The van der Waals surface area contributed by atoms with Crippen molar-refractivity contribution < 1.29 is 33.3 Å². The molecular weight excluding hydrogens is 733 g/mol. The van der Waals surface area contributed by atoms with Gasteiger partial charge in [-0.25, -0.2) is 19.4 Å². The Balaban J connectivity index is 1.18. The molecule has 8 rings (SSSR count). The second-order valence-corrected chi connectivity index (χ2v) is 20.2. The van der Waals surface area contributed by atoms with Gasteiger partial charge in [-0.2, -0.15) is 5.10 Å². The molecule has 2 unspecified atom stereocenters. The average Bonchev–Trinajstić information content (AvgIpc) is 3.45. The van der Waals surface area contributed by atoms with E-state index >= 15 is 0 Å². The van der Waals surface area contributed by atoms with E-state index < -0.39 is 23.1 Å². The fourth-order valence-electron chi connectivity index (χ4n) is 11.2. The first-order chi connectivity index (χ1) is 27.0. The Morgan fingerprint density at radius 3 is 2.17 bits per heavy atom. The molecule has 0 radical (unpaired) electrons. The molecule has 0 spiro atoms. The van der Waals surface area contributed by atoms with E-state index in [0.29, 0.717) is 30.0 Å². The van der Waals surface area contributed by atoms with E-state index in [1.807, 2.05) is 90.2 Å². The molecule has 4 aromatic rings. The van der Waals surface area contributed by atoms with Crippen LogP contribution in [0.25, 0.3) is 33.2 Å². The topological polar surface area (TPSA) is 122 Å². The fraction of sp³-hybridized carbons (Fsp3) is 0.553. The van der Waals surface area contributed by atoms with Crippen LogP contribution in [0.3, 0.4) is 0 Å². The van der Waals surface area contributed by atoms with Crippen LogP contribution in [-0.2, 0) is 25.5 Å². The molecule has 0 aliphatic heterocycles. The van der Waals surface area contributed by atoms with Gasteiger partial charge in [-0.1, -0.05) is 38.1 Å². The number of likely N-dealkylation sites (N-methyl/N-ethyl adjacent to an activating group) is 1. The van der Waals surface area contributed by atoms with E-state index in [9.17, 15) is 14.4 Å². The van der Waals surface area contributed by atoms with Crippen molar-refractivity contribution >= 4 is 28.8 Å². The Morgan fingerprint density at radius 2 is 1.52 bits per heavy atom. The van der Waals surface area contributed by atoms with E-state index in [2.05, 4.69) is 25.5 Å². The van der Waals surface area contributed by atoms with Crippen LogP contribution >= 0.6 is 0 Å².